The fraction of sp³-hybridized carbons (Fsp3) is 0.700. The number of hydrogen-bond acceptors (Lipinski definition) is 4. The zero-order valence-electron chi connectivity index (χ0n) is 10.5. The second-order valence-electron chi connectivity index (χ2n) is 4.48. The van der Waals surface area contributed by atoms with Gasteiger partial charge >= 0.3 is 6.09 Å². The van der Waals surface area contributed by atoms with E-state index in [2.05, 4.69) is 5.32 Å². The van der Waals surface area contributed by atoms with Gasteiger partial charge in [-0.15, -0.1) is 0 Å². The second-order valence-corrected chi connectivity index (χ2v) is 4.48. The van der Waals surface area contributed by atoms with Crippen molar-refractivity contribution < 1.29 is 20.5 Å². The molecule has 90 valence electrons. The largest absolute Gasteiger partial charge is 0.444 e. The van der Waals surface area contributed by atoms with Crippen LogP contribution >= 0.6 is 0 Å². The van der Waals surface area contributed by atoms with Crippen LogP contribution in [-0.4, -0.2) is 29.5 Å². The molecule has 1 saturated heterocycles. The van der Waals surface area contributed by atoms with Crippen molar-refractivity contribution in [3.63, 3.8) is 0 Å². The number of imide groups is 1. The van der Waals surface area contributed by atoms with E-state index in [0.717, 1.165) is 0 Å². The lowest BCUT2D eigenvalue weighted by atomic mass is 10.1. The summed E-state index contributed by atoms with van der Waals surface area (Å²) in [5, 5.41) is 4.17. The Balaban J connectivity index is 2.64. The number of amides is 3. The van der Waals surface area contributed by atoms with E-state index in [4.69, 9.17) is 6.11 Å². The molecule has 1 aliphatic heterocycles. The highest BCUT2D eigenvalue weighted by Gasteiger charge is 2.29. The smallest absolute Gasteiger partial charge is 0.408 e. The second kappa shape index (κ2) is 4.51. The molecule has 1 fully saturated rings. The van der Waals surface area contributed by atoms with Crippen molar-refractivity contribution in [2.24, 2.45) is 0 Å². The Bertz CT molecular complexity index is 364. The van der Waals surface area contributed by atoms with Gasteiger partial charge in [0, 0.05) is 6.42 Å². The lowest BCUT2D eigenvalue weighted by Gasteiger charge is -2.24. The quantitative estimate of drug-likeness (QED) is 0.634. The van der Waals surface area contributed by atoms with Crippen molar-refractivity contribution in [3.8, 4) is 0 Å². The molecule has 1 aliphatic rings. The molecule has 1 atom stereocenters. The van der Waals surface area contributed by atoms with Gasteiger partial charge in [0.1, 0.15) is 11.6 Å². The normalized spacial score (nSPS) is 26.8. The fourth-order valence-electron chi connectivity index (χ4n) is 1.16. The van der Waals surface area contributed by atoms with Crippen molar-refractivity contribution in [1.82, 2.24) is 10.6 Å². The number of alkyl carbamates (subject to hydrolysis) is 1. The van der Waals surface area contributed by atoms with Crippen molar-refractivity contribution in [3.05, 3.63) is 0 Å². The molecule has 1 unspecified atom stereocenters. The molecule has 0 spiro atoms. The molecule has 0 aliphatic carbocycles. The number of rotatable bonds is 1. The van der Waals surface area contributed by atoms with Gasteiger partial charge in [-0.25, -0.2) is 4.79 Å². The van der Waals surface area contributed by atoms with Gasteiger partial charge in [-0.2, -0.15) is 0 Å². The van der Waals surface area contributed by atoms with Gasteiger partial charge < -0.3 is 10.1 Å². The van der Waals surface area contributed by atoms with Gasteiger partial charge in [0.05, 0.1) is 1.37 Å². The summed E-state index contributed by atoms with van der Waals surface area (Å²) in [6, 6.07) is -1.84. The highest BCUT2D eigenvalue weighted by molar-refractivity contribution is 6.01. The molecule has 0 aromatic heterocycles. The van der Waals surface area contributed by atoms with Crippen LogP contribution in [0, 0.1) is 0 Å². The molecular formula is C10H16N2O4. The molecule has 0 saturated carbocycles. The van der Waals surface area contributed by atoms with Gasteiger partial charge in [-0.1, -0.05) is 0 Å². The number of carbonyl (C=O) groups excluding carboxylic acids is 3. The molecule has 2 N–H and O–H groups in total. The Labute approximate surface area is 95.1 Å². The van der Waals surface area contributed by atoms with Gasteiger partial charge in [-0.3, -0.25) is 14.9 Å². The molecule has 1 heterocycles. The molecule has 0 radical (unpaired) electrons. The predicted octanol–water partition coefficient (Wildman–Crippen LogP) is 0.316. The topological polar surface area (TPSA) is 84.5 Å². The Morgan fingerprint density at radius 1 is 1.56 bits per heavy atom. The van der Waals surface area contributed by atoms with Gasteiger partial charge in [0.2, 0.25) is 11.8 Å². The van der Waals surface area contributed by atoms with Crippen LogP contribution in [0.25, 0.3) is 0 Å². The summed E-state index contributed by atoms with van der Waals surface area (Å²) in [6.45, 7) is 5.02. The molecule has 0 bridgehead atoms. The van der Waals surface area contributed by atoms with Crippen LogP contribution < -0.4 is 10.6 Å². The Morgan fingerprint density at radius 2 is 2.19 bits per heavy atom. The minimum absolute atomic E-state index is 0.0189. The first kappa shape index (κ1) is 10.9. The van der Waals surface area contributed by atoms with E-state index in [1.165, 1.54) is 0 Å². The summed E-state index contributed by atoms with van der Waals surface area (Å²) in [6.07, 6.45) is -0.890. The first-order chi connectivity index (χ1) is 7.62. The minimum Gasteiger partial charge on any atom is -0.444 e. The summed E-state index contributed by atoms with van der Waals surface area (Å²) >= 11 is 0. The molecule has 3 amide bonds. The third kappa shape index (κ3) is 3.88. The molecule has 0 aromatic rings. The zero-order valence-corrected chi connectivity index (χ0v) is 9.55. The van der Waals surface area contributed by atoms with Gasteiger partial charge in [0.25, 0.3) is 0 Å². The summed E-state index contributed by atoms with van der Waals surface area (Å²) in [5.74, 6) is -1.27. The van der Waals surface area contributed by atoms with Gasteiger partial charge in [0.15, 0.2) is 0 Å². The molecule has 16 heavy (non-hydrogen) atoms. The van der Waals surface area contributed by atoms with Crippen LogP contribution in [0.1, 0.15) is 35.0 Å². The Kier molecular flexibility index (Phi) is 3.07. The standard InChI is InChI=1S/C10H16N2O4/c1-10(2,3)16-9(15)11-6-4-5-7(13)12-8(6)14/h6H,4-5H2,1-3H3,(H,11,15)(H,12,13,14)/i6D. The number of ether oxygens (including phenoxy) is 1. The molecular weight excluding hydrogens is 212 g/mol. The number of piperidine rings is 1. The van der Waals surface area contributed by atoms with E-state index in [-0.39, 0.29) is 12.8 Å². The van der Waals surface area contributed by atoms with Crippen molar-refractivity contribution in [1.29, 1.82) is 0 Å². The maximum absolute atomic E-state index is 11.4. The summed E-state index contributed by atoms with van der Waals surface area (Å²) in [4.78, 5) is 33.8. The Morgan fingerprint density at radius 3 is 2.69 bits per heavy atom. The summed E-state index contributed by atoms with van der Waals surface area (Å²) in [7, 11) is 0. The molecule has 1 rings (SSSR count). The van der Waals surface area contributed by atoms with Crippen LogP contribution in [0.4, 0.5) is 4.79 Å². The van der Waals surface area contributed by atoms with E-state index < -0.39 is 29.5 Å². The van der Waals surface area contributed by atoms with Crippen LogP contribution in [0.5, 0.6) is 0 Å². The van der Waals surface area contributed by atoms with Crippen molar-refractivity contribution >= 4 is 17.9 Å². The molecule has 6 heteroatoms. The van der Waals surface area contributed by atoms with E-state index in [1.807, 2.05) is 5.32 Å². The van der Waals surface area contributed by atoms with Crippen molar-refractivity contribution in [2.45, 2.75) is 45.2 Å². The lowest BCUT2D eigenvalue weighted by Crippen LogP contribution is -2.53. The monoisotopic (exact) mass is 229 g/mol. The zero-order chi connectivity index (χ0) is 13.3. The highest BCUT2D eigenvalue weighted by Crippen LogP contribution is 2.09. The van der Waals surface area contributed by atoms with E-state index in [9.17, 15) is 14.4 Å². The molecule has 6 nitrogen and oxygen atoms in total. The third-order valence-corrected chi connectivity index (χ3v) is 1.78. The van der Waals surface area contributed by atoms with Crippen LogP contribution in [0.3, 0.4) is 0 Å². The maximum Gasteiger partial charge on any atom is 0.408 e. The van der Waals surface area contributed by atoms with Gasteiger partial charge in [-0.05, 0) is 27.2 Å². The number of hydrogen-bond donors (Lipinski definition) is 2. The first-order valence-electron chi connectivity index (χ1n) is 5.48. The van der Waals surface area contributed by atoms with Crippen LogP contribution in [0.2, 0.25) is 0 Å². The molecule has 0 aromatic carbocycles. The SMILES string of the molecule is [2H]C1(NC(=O)OC(C)(C)C)CCC(=O)NC1=O. The average molecular weight is 229 g/mol. The predicted molar refractivity (Wildman–Crippen MR) is 55.5 cm³/mol. The highest BCUT2D eigenvalue weighted by atomic mass is 16.6. The fourth-order valence-corrected chi connectivity index (χ4v) is 1.16. The lowest BCUT2D eigenvalue weighted by molar-refractivity contribution is -0.134. The third-order valence-electron chi connectivity index (χ3n) is 1.78. The number of carbonyl (C=O) groups is 3. The van der Waals surface area contributed by atoms with Crippen LogP contribution in [-0.2, 0) is 14.3 Å². The van der Waals surface area contributed by atoms with Crippen LogP contribution in [0.15, 0.2) is 0 Å². The number of nitrogens with one attached hydrogen (secondary N) is 2. The van der Waals surface area contributed by atoms with E-state index in [0.29, 0.717) is 0 Å². The summed E-state index contributed by atoms with van der Waals surface area (Å²) in [5.41, 5.74) is -0.707. The summed E-state index contributed by atoms with van der Waals surface area (Å²) < 4.78 is 12.7. The minimum atomic E-state index is -1.84. The average Bonchev–Trinajstić information content (AvgIpc) is 2.09. The van der Waals surface area contributed by atoms with E-state index >= 15 is 0 Å². The first-order valence-corrected chi connectivity index (χ1v) is 4.98. The van der Waals surface area contributed by atoms with E-state index in [1.54, 1.807) is 20.8 Å². The van der Waals surface area contributed by atoms with Crippen molar-refractivity contribution in [2.75, 3.05) is 0 Å². The Hall–Kier alpha value is -1.59. The maximum atomic E-state index is 11.4.